The van der Waals surface area contributed by atoms with Crippen molar-refractivity contribution in [3.8, 4) is 0 Å². The summed E-state index contributed by atoms with van der Waals surface area (Å²) in [6.45, 7) is 4.91. The first kappa shape index (κ1) is 17.7. The van der Waals surface area contributed by atoms with Crippen LogP contribution >= 0.6 is 0 Å². The number of nitrogens with one attached hydrogen (secondary N) is 1. The van der Waals surface area contributed by atoms with Gasteiger partial charge in [0.1, 0.15) is 5.58 Å². The number of nitrogens with zero attached hydrogens (tertiary/aromatic N) is 1. The van der Waals surface area contributed by atoms with Gasteiger partial charge >= 0.3 is 5.63 Å². The number of rotatable bonds is 5. The standard InChI is InChI=1S/C23H26N2O2/c1-2-17-10-11-19-18(15-23(26)27-22(19)14-17)16-24-20-8-4-5-9-21(20)25-12-6-3-7-13-25/h4-5,8-11,14-15,24H,2-3,6-7,12-13,16H2,1H3. The minimum Gasteiger partial charge on any atom is -0.423 e. The smallest absolute Gasteiger partial charge is 0.336 e. The van der Waals surface area contributed by atoms with Gasteiger partial charge in [-0.2, -0.15) is 0 Å². The minimum absolute atomic E-state index is 0.295. The van der Waals surface area contributed by atoms with Crippen LogP contribution < -0.4 is 15.8 Å². The van der Waals surface area contributed by atoms with E-state index in [0.29, 0.717) is 12.1 Å². The van der Waals surface area contributed by atoms with Gasteiger partial charge in [0.2, 0.25) is 0 Å². The van der Waals surface area contributed by atoms with E-state index < -0.39 is 0 Å². The van der Waals surface area contributed by atoms with Crippen LogP contribution in [0.3, 0.4) is 0 Å². The third-order valence-corrected chi connectivity index (χ3v) is 5.37. The van der Waals surface area contributed by atoms with Crippen LogP contribution in [0.15, 0.2) is 57.7 Å². The Labute approximate surface area is 159 Å². The topological polar surface area (TPSA) is 45.5 Å². The fraction of sp³-hybridized carbons (Fsp3) is 0.348. The zero-order chi connectivity index (χ0) is 18.6. The highest BCUT2D eigenvalue weighted by Crippen LogP contribution is 2.29. The lowest BCUT2D eigenvalue weighted by Crippen LogP contribution is -2.30. The number of hydrogen-bond acceptors (Lipinski definition) is 4. The van der Waals surface area contributed by atoms with Gasteiger partial charge in [0, 0.05) is 31.1 Å². The lowest BCUT2D eigenvalue weighted by atomic mass is 10.1. The van der Waals surface area contributed by atoms with Crippen LogP contribution in [-0.4, -0.2) is 13.1 Å². The zero-order valence-electron chi connectivity index (χ0n) is 15.8. The fourth-order valence-corrected chi connectivity index (χ4v) is 3.86. The van der Waals surface area contributed by atoms with Gasteiger partial charge in [-0.3, -0.25) is 0 Å². The van der Waals surface area contributed by atoms with E-state index in [1.165, 1.54) is 30.5 Å². The molecule has 4 rings (SSSR count). The largest absolute Gasteiger partial charge is 0.423 e. The van der Waals surface area contributed by atoms with E-state index in [4.69, 9.17) is 4.42 Å². The Balaban J connectivity index is 1.62. The summed E-state index contributed by atoms with van der Waals surface area (Å²) in [5.41, 5.74) is 4.88. The highest BCUT2D eigenvalue weighted by Gasteiger charge is 2.14. The van der Waals surface area contributed by atoms with Gasteiger partial charge in [0.15, 0.2) is 0 Å². The number of benzene rings is 2. The molecule has 0 atom stereocenters. The monoisotopic (exact) mass is 362 g/mol. The van der Waals surface area contributed by atoms with E-state index in [1.807, 2.05) is 6.07 Å². The molecule has 0 amide bonds. The Morgan fingerprint density at radius 1 is 1.04 bits per heavy atom. The maximum absolute atomic E-state index is 12.0. The van der Waals surface area contributed by atoms with Crippen molar-refractivity contribution in [2.45, 2.75) is 39.2 Å². The van der Waals surface area contributed by atoms with Crippen molar-refractivity contribution in [3.63, 3.8) is 0 Å². The number of piperidine rings is 1. The second-order valence-electron chi connectivity index (χ2n) is 7.19. The lowest BCUT2D eigenvalue weighted by molar-refractivity contribution is 0.558. The molecule has 1 aliphatic rings. The highest BCUT2D eigenvalue weighted by atomic mass is 16.4. The van der Waals surface area contributed by atoms with Crippen LogP contribution in [0.1, 0.15) is 37.3 Å². The molecular formula is C23H26N2O2. The van der Waals surface area contributed by atoms with Crippen LogP contribution in [0.2, 0.25) is 0 Å². The summed E-state index contributed by atoms with van der Waals surface area (Å²) in [4.78, 5) is 14.5. The summed E-state index contributed by atoms with van der Waals surface area (Å²) in [5.74, 6) is 0. The molecule has 4 nitrogen and oxygen atoms in total. The van der Waals surface area contributed by atoms with Crippen molar-refractivity contribution in [3.05, 3.63) is 70.1 Å². The molecule has 1 N–H and O–H groups in total. The second-order valence-corrected chi connectivity index (χ2v) is 7.19. The van der Waals surface area contributed by atoms with E-state index in [0.717, 1.165) is 36.1 Å². The number of anilines is 2. The Bertz CT molecular complexity index is 987. The van der Waals surface area contributed by atoms with Gasteiger partial charge in [-0.1, -0.05) is 31.2 Å². The van der Waals surface area contributed by atoms with Crippen molar-refractivity contribution < 1.29 is 4.42 Å². The summed E-state index contributed by atoms with van der Waals surface area (Å²) < 4.78 is 5.42. The van der Waals surface area contributed by atoms with Crippen molar-refractivity contribution in [2.75, 3.05) is 23.3 Å². The normalized spacial score (nSPS) is 14.5. The molecule has 1 aromatic heterocycles. The molecule has 0 saturated carbocycles. The predicted octanol–water partition coefficient (Wildman–Crippen LogP) is 4.96. The third kappa shape index (κ3) is 3.85. The van der Waals surface area contributed by atoms with E-state index in [1.54, 1.807) is 6.07 Å². The molecule has 2 heterocycles. The predicted molar refractivity (Wildman–Crippen MR) is 112 cm³/mol. The fourth-order valence-electron chi connectivity index (χ4n) is 3.86. The van der Waals surface area contributed by atoms with Crippen molar-refractivity contribution in [2.24, 2.45) is 0 Å². The molecule has 0 spiro atoms. The van der Waals surface area contributed by atoms with E-state index in [9.17, 15) is 4.79 Å². The molecule has 3 aromatic rings. The average molecular weight is 362 g/mol. The Kier molecular flexibility index (Phi) is 5.14. The maximum Gasteiger partial charge on any atom is 0.336 e. The van der Waals surface area contributed by atoms with Crippen LogP contribution in [0, 0.1) is 0 Å². The van der Waals surface area contributed by atoms with Gasteiger partial charge in [-0.15, -0.1) is 0 Å². The Hall–Kier alpha value is -2.75. The molecule has 1 saturated heterocycles. The van der Waals surface area contributed by atoms with Crippen LogP contribution in [0.5, 0.6) is 0 Å². The Morgan fingerprint density at radius 3 is 2.67 bits per heavy atom. The number of hydrogen-bond donors (Lipinski definition) is 1. The second kappa shape index (κ2) is 7.87. The molecule has 0 bridgehead atoms. The first-order valence-corrected chi connectivity index (χ1v) is 9.88. The van der Waals surface area contributed by atoms with E-state index in [2.05, 4.69) is 53.5 Å². The van der Waals surface area contributed by atoms with Crippen LogP contribution in [-0.2, 0) is 13.0 Å². The average Bonchev–Trinajstić information content (AvgIpc) is 2.72. The molecule has 1 fully saturated rings. The molecule has 0 aliphatic carbocycles. The molecule has 1 aliphatic heterocycles. The number of fused-ring (bicyclic) bond motifs is 1. The number of aryl methyl sites for hydroxylation is 1. The maximum atomic E-state index is 12.0. The first-order valence-electron chi connectivity index (χ1n) is 9.88. The molecular weight excluding hydrogens is 336 g/mol. The molecule has 140 valence electrons. The number of para-hydroxylation sites is 2. The van der Waals surface area contributed by atoms with Gasteiger partial charge in [0.05, 0.1) is 11.4 Å². The summed E-state index contributed by atoms with van der Waals surface area (Å²) in [7, 11) is 0. The molecule has 0 radical (unpaired) electrons. The summed E-state index contributed by atoms with van der Waals surface area (Å²) in [5, 5.41) is 4.55. The quantitative estimate of drug-likeness (QED) is 0.652. The third-order valence-electron chi connectivity index (χ3n) is 5.37. The first-order chi connectivity index (χ1) is 13.2. The Morgan fingerprint density at radius 2 is 1.85 bits per heavy atom. The van der Waals surface area contributed by atoms with Crippen molar-refractivity contribution >= 4 is 22.3 Å². The summed E-state index contributed by atoms with van der Waals surface area (Å²) >= 11 is 0. The molecule has 0 unspecified atom stereocenters. The van der Waals surface area contributed by atoms with Crippen LogP contribution in [0.25, 0.3) is 11.0 Å². The van der Waals surface area contributed by atoms with Gasteiger partial charge in [-0.25, -0.2) is 4.79 Å². The van der Waals surface area contributed by atoms with Gasteiger partial charge in [-0.05, 0) is 55.0 Å². The van der Waals surface area contributed by atoms with E-state index in [-0.39, 0.29) is 5.63 Å². The van der Waals surface area contributed by atoms with Gasteiger partial charge < -0.3 is 14.6 Å². The summed E-state index contributed by atoms with van der Waals surface area (Å²) in [6.07, 6.45) is 4.74. The van der Waals surface area contributed by atoms with E-state index >= 15 is 0 Å². The molecule has 27 heavy (non-hydrogen) atoms. The highest BCUT2D eigenvalue weighted by molar-refractivity contribution is 5.81. The van der Waals surface area contributed by atoms with Crippen LogP contribution in [0.4, 0.5) is 11.4 Å². The van der Waals surface area contributed by atoms with Crippen molar-refractivity contribution in [1.82, 2.24) is 0 Å². The summed E-state index contributed by atoms with van der Waals surface area (Å²) in [6, 6.07) is 16.2. The zero-order valence-corrected chi connectivity index (χ0v) is 15.8. The van der Waals surface area contributed by atoms with Gasteiger partial charge in [0.25, 0.3) is 0 Å². The lowest BCUT2D eigenvalue weighted by Gasteiger charge is -2.30. The molecule has 2 aromatic carbocycles. The molecule has 4 heteroatoms. The van der Waals surface area contributed by atoms with Crippen molar-refractivity contribution in [1.29, 1.82) is 0 Å². The minimum atomic E-state index is -0.295. The SMILES string of the molecule is CCc1ccc2c(CNc3ccccc3N3CCCCC3)cc(=O)oc2c1.